The van der Waals surface area contributed by atoms with Crippen molar-refractivity contribution in [1.82, 2.24) is 4.90 Å². The van der Waals surface area contributed by atoms with E-state index in [1.807, 2.05) is 4.90 Å². The third kappa shape index (κ3) is 3.63. The standard InChI is InChI=1S/C17H26N2O2/c1-12(2)19-16(20)6-4-5-15(18)17(19)14-9-7-13(8-10-14)11-21-3/h7-10,12,15,17H,4-6,11,18H2,1-3H3. The molecule has 0 radical (unpaired) electrons. The van der Waals surface area contributed by atoms with Gasteiger partial charge in [0.1, 0.15) is 0 Å². The normalized spacial score (nSPS) is 23.5. The van der Waals surface area contributed by atoms with Crippen LogP contribution in [0.15, 0.2) is 24.3 Å². The summed E-state index contributed by atoms with van der Waals surface area (Å²) in [5, 5.41) is 0. The summed E-state index contributed by atoms with van der Waals surface area (Å²) in [6.45, 7) is 4.72. The summed E-state index contributed by atoms with van der Waals surface area (Å²) in [6, 6.07) is 8.38. The Morgan fingerprint density at radius 3 is 2.57 bits per heavy atom. The third-order valence-corrected chi connectivity index (χ3v) is 4.11. The van der Waals surface area contributed by atoms with Crippen molar-refractivity contribution in [1.29, 1.82) is 0 Å². The quantitative estimate of drug-likeness (QED) is 0.927. The number of benzene rings is 1. The summed E-state index contributed by atoms with van der Waals surface area (Å²) in [5.74, 6) is 0.212. The minimum atomic E-state index is -0.0309. The molecule has 1 amide bonds. The molecule has 0 bridgehead atoms. The highest BCUT2D eigenvalue weighted by Gasteiger charge is 2.34. The van der Waals surface area contributed by atoms with Crippen molar-refractivity contribution >= 4 is 5.91 Å². The number of hydrogen-bond donors (Lipinski definition) is 1. The number of carbonyl (C=O) groups excluding carboxylic acids is 1. The van der Waals surface area contributed by atoms with Crippen molar-refractivity contribution in [3.8, 4) is 0 Å². The number of amides is 1. The van der Waals surface area contributed by atoms with Gasteiger partial charge in [-0.05, 0) is 37.8 Å². The minimum absolute atomic E-state index is 0.00729. The summed E-state index contributed by atoms with van der Waals surface area (Å²) in [6.07, 6.45) is 2.37. The third-order valence-electron chi connectivity index (χ3n) is 4.11. The molecule has 2 rings (SSSR count). The van der Waals surface area contributed by atoms with Crippen LogP contribution < -0.4 is 5.73 Å². The van der Waals surface area contributed by atoms with E-state index in [0.717, 1.165) is 24.0 Å². The molecule has 2 unspecified atom stereocenters. The van der Waals surface area contributed by atoms with Crippen LogP contribution in [0.2, 0.25) is 0 Å². The number of carbonyl (C=O) groups is 1. The van der Waals surface area contributed by atoms with Crippen LogP contribution in [0.25, 0.3) is 0 Å². The first-order valence-corrected chi connectivity index (χ1v) is 7.69. The molecule has 0 saturated carbocycles. The van der Waals surface area contributed by atoms with Gasteiger partial charge in [-0.15, -0.1) is 0 Å². The van der Waals surface area contributed by atoms with Gasteiger partial charge in [-0.3, -0.25) is 4.79 Å². The number of nitrogens with two attached hydrogens (primary N) is 1. The molecule has 1 fully saturated rings. The smallest absolute Gasteiger partial charge is 0.223 e. The lowest BCUT2D eigenvalue weighted by Crippen LogP contribution is -2.45. The highest BCUT2D eigenvalue weighted by Crippen LogP contribution is 2.32. The highest BCUT2D eigenvalue weighted by molar-refractivity contribution is 5.77. The van der Waals surface area contributed by atoms with Crippen LogP contribution >= 0.6 is 0 Å². The van der Waals surface area contributed by atoms with E-state index in [1.54, 1.807) is 7.11 Å². The molecule has 1 aliphatic heterocycles. The van der Waals surface area contributed by atoms with Crippen molar-refractivity contribution in [2.45, 2.75) is 57.8 Å². The van der Waals surface area contributed by atoms with Crippen LogP contribution in [0.5, 0.6) is 0 Å². The maximum Gasteiger partial charge on any atom is 0.223 e. The summed E-state index contributed by atoms with van der Waals surface area (Å²) >= 11 is 0. The number of hydrogen-bond acceptors (Lipinski definition) is 3. The SMILES string of the molecule is COCc1ccc(C2C(N)CCCC(=O)N2C(C)C)cc1. The van der Waals surface area contributed by atoms with E-state index < -0.39 is 0 Å². The van der Waals surface area contributed by atoms with Crippen molar-refractivity contribution in [3.63, 3.8) is 0 Å². The zero-order chi connectivity index (χ0) is 15.4. The molecule has 2 atom stereocenters. The molecule has 0 aliphatic carbocycles. The zero-order valence-electron chi connectivity index (χ0n) is 13.2. The molecule has 21 heavy (non-hydrogen) atoms. The van der Waals surface area contributed by atoms with Gasteiger partial charge in [-0.2, -0.15) is 0 Å². The molecule has 0 spiro atoms. The first-order chi connectivity index (χ1) is 10.0. The molecular weight excluding hydrogens is 264 g/mol. The molecule has 4 nitrogen and oxygen atoms in total. The Kier molecular flexibility index (Phi) is 5.37. The van der Waals surface area contributed by atoms with Gasteiger partial charge in [0, 0.05) is 25.6 Å². The van der Waals surface area contributed by atoms with Gasteiger partial charge >= 0.3 is 0 Å². The molecule has 2 N–H and O–H groups in total. The highest BCUT2D eigenvalue weighted by atomic mass is 16.5. The molecular formula is C17H26N2O2. The molecule has 1 aromatic carbocycles. The van der Waals surface area contributed by atoms with Gasteiger partial charge < -0.3 is 15.4 Å². The predicted molar refractivity (Wildman–Crippen MR) is 83.7 cm³/mol. The summed E-state index contributed by atoms with van der Waals surface area (Å²) in [7, 11) is 1.69. The lowest BCUT2D eigenvalue weighted by molar-refractivity contribution is -0.135. The van der Waals surface area contributed by atoms with E-state index in [0.29, 0.717) is 13.0 Å². The molecule has 116 valence electrons. The Morgan fingerprint density at radius 2 is 2.00 bits per heavy atom. The van der Waals surface area contributed by atoms with Gasteiger partial charge in [-0.1, -0.05) is 24.3 Å². The van der Waals surface area contributed by atoms with E-state index in [-0.39, 0.29) is 24.0 Å². The van der Waals surface area contributed by atoms with E-state index in [9.17, 15) is 4.79 Å². The van der Waals surface area contributed by atoms with Gasteiger partial charge in [0.05, 0.1) is 12.6 Å². The second-order valence-corrected chi connectivity index (χ2v) is 6.07. The minimum Gasteiger partial charge on any atom is -0.380 e. The Labute approximate surface area is 127 Å². The van der Waals surface area contributed by atoms with Gasteiger partial charge in [0.2, 0.25) is 5.91 Å². The van der Waals surface area contributed by atoms with Crippen LogP contribution in [-0.4, -0.2) is 30.0 Å². The lowest BCUT2D eigenvalue weighted by Gasteiger charge is -2.37. The Balaban J connectivity index is 2.32. The number of methoxy groups -OCH3 is 1. The van der Waals surface area contributed by atoms with Crippen LogP contribution in [0, 0.1) is 0 Å². The summed E-state index contributed by atoms with van der Waals surface area (Å²) in [4.78, 5) is 14.4. The first kappa shape index (κ1) is 16.0. The number of ether oxygens (including phenoxy) is 1. The van der Waals surface area contributed by atoms with E-state index in [1.165, 1.54) is 0 Å². The number of rotatable bonds is 4. The van der Waals surface area contributed by atoms with Crippen molar-refractivity contribution in [2.24, 2.45) is 5.73 Å². The fraction of sp³-hybridized carbons (Fsp3) is 0.588. The molecule has 1 saturated heterocycles. The van der Waals surface area contributed by atoms with E-state index in [4.69, 9.17) is 10.5 Å². The fourth-order valence-corrected chi connectivity index (χ4v) is 3.13. The van der Waals surface area contributed by atoms with E-state index in [2.05, 4.69) is 38.1 Å². The monoisotopic (exact) mass is 290 g/mol. The van der Waals surface area contributed by atoms with Gasteiger partial charge in [0.25, 0.3) is 0 Å². The largest absolute Gasteiger partial charge is 0.380 e. The van der Waals surface area contributed by atoms with Crippen LogP contribution in [0.1, 0.15) is 50.3 Å². The van der Waals surface area contributed by atoms with Gasteiger partial charge in [-0.25, -0.2) is 0 Å². The summed E-state index contributed by atoms with van der Waals surface area (Å²) in [5.41, 5.74) is 8.63. The Morgan fingerprint density at radius 1 is 1.33 bits per heavy atom. The Hall–Kier alpha value is -1.39. The maximum absolute atomic E-state index is 12.4. The molecule has 0 aromatic heterocycles. The second-order valence-electron chi connectivity index (χ2n) is 6.07. The van der Waals surface area contributed by atoms with Crippen LogP contribution in [0.4, 0.5) is 0 Å². The van der Waals surface area contributed by atoms with Crippen molar-refractivity contribution < 1.29 is 9.53 Å². The van der Waals surface area contributed by atoms with Crippen molar-refractivity contribution in [2.75, 3.05) is 7.11 Å². The first-order valence-electron chi connectivity index (χ1n) is 7.69. The topological polar surface area (TPSA) is 55.6 Å². The average molecular weight is 290 g/mol. The number of nitrogens with zero attached hydrogens (tertiary/aromatic N) is 1. The molecule has 4 heteroatoms. The van der Waals surface area contributed by atoms with Crippen LogP contribution in [-0.2, 0) is 16.1 Å². The van der Waals surface area contributed by atoms with Gasteiger partial charge in [0.15, 0.2) is 0 Å². The van der Waals surface area contributed by atoms with E-state index >= 15 is 0 Å². The molecule has 1 aromatic rings. The average Bonchev–Trinajstić information content (AvgIpc) is 2.59. The fourth-order valence-electron chi connectivity index (χ4n) is 3.13. The van der Waals surface area contributed by atoms with Crippen molar-refractivity contribution in [3.05, 3.63) is 35.4 Å². The molecule has 1 heterocycles. The molecule has 1 aliphatic rings. The predicted octanol–water partition coefficient (Wildman–Crippen LogP) is 2.62. The number of likely N-dealkylation sites (tertiary alicyclic amines) is 1. The Bertz CT molecular complexity index is 470. The van der Waals surface area contributed by atoms with Crippen LogP contribution in [0.3, 0.4) is 0 Å². The summed E-state index contributed by atoms with van der Waals surface area (Å²) < 4.78 is 5.14. The zero-order valence-corrected chi connectivity index (χ0v) is 13.2. The second kappa shape index (κ2) is 7.05. The maximum atomic E-state index is 12.4. The lowest BCUT2D eigenvalue weighted by atomic mass is 9.94.